The van der Waals surface area contributed by atoms with Crippen LogP contribution >= 0.6 is 0 Å². The Balaban J connectivity index is 2.72. The van der Waals surface area contributed by atoms with E-state index in [0.29, 0.717) is 5.46 Å². The van der Waals surface area contributed by atoms with Gasteiger partial charge in [0.05, 0.1) is 0 Å². The van der Waals surface area contributed by atoms with Crippen molar-refractivity contribution in [3.05, 3.63) is 29.3 Å². The fourth-order valence-corrected chi connectivity index (χ4v) is 2.39. The van der Waals surface area contributed by atoms with Crippen LogP contribution in [0.1, 0.15) is 63.5 Å². The van der Waals surface area contributed by atoms with E-state index < -0.39 is 7.12 Å². The highest BCUT2D eigenvalue weighted by atomic mass is 16.4. The molecule has 106 valence electrons. The molecule has 0 amide bonds. The maximum absolute atomic E-state index is 9.37. The fourth-order valence-electron chi connectivity index (χ4n) is 2.39. The molecule has 19 heavy (non-hydrogen) atoms. The van der Waals surface area contributed by atoms with Gasteiger partial charge in [-0.25, -0.2) is 0 Å². The number of unbranched alkanes of at least 4 members (excludes halogenated alkanes) is 4. The molecule has 0 atom stereocenters. The lowest BCUT2D eigenvalue weighted by Crippen LogP contribution is -2.30. The Morgan fingerprint density at radius 2 is 1.26 bits per heavy atom. The van der Waals surface area contributed by atoms with Crippen molar-refractivity contribution in [2.24, 2.45) is 0 Å². The molecule has 0 bridgehead atoms. The quantitative estimate of drug-likeness (QED) is 0.530. The average molecular weight is 262 g/mol. The summed E-state index contributed by atoms with van der Waals surface area (Å²) in [6.45, 7) is 4.40. The van der Waals surface area contributed by atoms with E-state index >= 15 is 0 Å². The number of hydrogen-bond acceptors (Lipinski definition) is 2. The van der Waals surface area contributed by atoms with E-state index in [-0.39, 0.29) is 0 Å². The van der Waals surface area contributed by atoms with E-state index in [1.807, 2.05) is 12.1 Å². The minimum atomic E-state index is -1.35. The first-order valence-corrected chi connectivity index (χ1v) is 7.66. The Morgan fingerprint density at radius 1 is 0.789 bits per heavy atom. The summed E-state index contributed by atoms with van der Waals surface area (Å²) in [6.07, 6.45) is 9.32. The molecule has 2 nitrogen and oxygen atoms in total. The van der Waals surface area contributed by atoms with E-state index in [1.54, 1.807) is 0 Å². The van der Waals surface area contributed by atoms with Crippen LogP contribution < -0.4 is 5.46 Å². The van der Waals surface area contributed by atoms with E-state index in [9.17, 15) is 10.0 Å². The third-order valence-corrected chi connectivity index (χ3v) is 3.51. The van der Waals surface area contributed by atoms with Crippen molar-refractivity contribution in [2.45, 2.75) is 65.2 Å². The Bertz CT molecular complexity index is 336. The standard InChI is InChI=1S/C16H27BO2/c1-3-5-7-9-14-11-15(10-8-6-4-2)13-16(12-14)17(18)19/h11-13,18-19H,3-10H2,1-2H3. The molecule has 0 aromatic heterocycles. The van der Waals surface area contributed by atoms with Crippen molar-refractivity contribution in [1.29, 1.82) is 0 Å². The third kappa shape index (κ3) is 6.26. The third-order valence-electron chi connectivity index (χ3n) is 3.51. The zero-order valence-corrected chi connectivity index (χ0v) is 12.4. The molecule has 2 N–H and O–H groups in total. The number of aryl methyl sites for hydroxylation is 2. The highest BCUT2D eigenvalue weighted by Crippen LogP contribution is 2.12. The topological polar surface area (TPSA) is 40.5 Å². The van der Waals surface area contributed by atoms with Gasteiger partial charge in [0.15, 0.2) is 0 Å². The van der Waals surface area contributed by atoms with Gasteiger partial charge in [0.2, 0.25) is 0 Å². The molecule has 0 saturated carbocycles. The zero-order chi connectivity index (χ0) is 14.1. The van der Waals surface area contributed by atoms with Gasteiger partial charge in [-0.05, 0) is 42.3 Å². The van der Waals surface area contributed by atoms with Gasteiger partial charge in [-0.2, -0.15) is 0 Å². The largest absolute Gasteiger partial charge is 0.488 e. The second kappa shape index (κ2) is 9.16. The molecule has 0 aliphatic heterocycles. The summed E-state index contributed by atoms with van der Waals surface area (Å²) >= 11 is 0. The zero-order valence-electron chi connectivity index (χ0n) is 12.4. The monoisotopic (exact) mass is 262 g/mol. The smallest absolute Gasteiger partial charge is 0.423 e. The number of hydrogen-bond donors (Lipinski definition) is 2. The summed E-state index contributed by atoms with van der Waals surface area (Å²) in [5.74, 6) is 0. The predicted octanol–water partition coefficient (Wildman–Crippen LogP) is 2.83. The maximum atomic E-state index is 9.37. The Morgan fingerprint density at radius 3 is 1.63 bits per heavy atom. The minimum absolute atomic E-state index is 0.639. The molecule has 0 radical (unpaired) electrons. The first-order valence-electron chi connectivity index (χ1n) is 7.66. The van der Waals surface area contributed by atoms with Crippen LogP contribution in [0.5, 0.6) is 0 Å². The van der Waals surface area contributed by atoms with Gasteiger partial charge in [0, 0.05) is 0 Å². The molecule has 0 unspecified atom stereocenters. The predicted molar refractivity (Wildman–Crippen MR) is 82.7 cm³/mol. The average Bonchev–Trinajstić information content (AvgIpc) is 2.39. The summed E-state index contributed by atoms with van der Waals surface area (Å²) < 4.78 is 0. The number of benzene rings is 1. The van der Waals surface area contributed by atoms with E-state index in [4.69, 9.17) is 0 Å². The van der Waals surface area contributed by atoms with Crippen molar-refractivity contribution in [1.82, 2.24) is 0 Å². The highest BCUT2D eigenvalue weighted by molar-refractivity contribution is 6.58. The van der Waals surface area contributed by atoms with Crippen LogP contribution in [0.2, 0.25) is 0 Å². The second-order valence-electron chi connectivity index (χ2n) is 5.37. The maximum Gasteiger partial charge on any atom is 0.488 e. The minimum Gasteiger partial charge on any atom is -0.423 e. The Hall–Kier alpha value is -0.795. The van der Waals surface area contributed by atoms with Crippen LogP contribution in [0.4, 0.5) is 0 Å². The molecular weight excluding hydrogens is 235 g/mol. The molecule has 0 heterocycles. The summed E-state index contributed by atoms with van der Waals surface area (Å²) in [6, 6.07) is 6.10. The molecule has 0 saturated heterocycles. The Kier molecular flexibility index (Phi) is 7.84. The lowest BCUT2D eigenvalue weighted by molar-refractivity contribution is 0.425. The van der Waals surface area contributed by atoms with Gasteiger partial charge in [0.1, 0.15) is 0 Å². The summed E-state index contributed by atoms with van der Waals surface area (Å²) in [5, 5.41) is 18.7. The molecule has 0 fully saturated rings. The van der Waals surface area contributed by atoms with Crippen LogP contribution in [0, 0.1) is 0 Å². The van der Waals surface area contributed by atoms with Crippen molar-refractivity contribution < 1.29 is 10.0 Å². The van der Waals surface area contributed by atoms with E-state index in [2.05, 4.69) is 19.9 Å². The van der Waals surface area contributed by atoms with Gasteiger partial charge in [-0.15, -0.1) is 0 Å². The molecule has 1 aromatic rings. The SMILES string of the molecule is CCCCCc1cc(CCCCC)cc(B(O)O)c1. The molecule has 0 aliphatic rings. The highest BCUT2D eigenvalue weighted by Gasteiger charge is 2.12. The molecule has 0 spiro atoms. The van der Waals surface area contributed by atoms with Gasteiger partial charge >= 0.3 is 7.12 Å². The lowest BCUT2D eigenvalue weighted by Gasteiger charge is -2.09. The number of rotatable bonds is 9. The van der Waals surface area contributed by atoms with E-state index in [1.165, 1.54) is 49.7 Å². The Labute approximate surface area is 118 Å². The first-order chi connectivity index (χ1) is 9.17. The van der Waals surface area contributed by atoms with Crippen LogP contribution in [-0.2, 0) is 12.8 Å². The second-order valence-corrected chi connectivity index (χ2v) is 5.37. The fraction of sp³-hybridized carbons (Fsp3) is 0.625. The van der Waals surface area contributed by atoms with Crippen LogP contribution in [-0.4, -0.2) is 17.2 Å². The molecule has 1 rings (SSSR count). The van der Waals surface area contributed by atoms with Crippen molar-refractivity contribution in [3.63, 3.8) is 0 Å². The van der Waals surface area contributed by atoms with E-state index in [0.717, 1.165) is 12.8 Å². The summed E-state index contributed by atoms with van der Waals surface area (Å²) in [4.78, 5) is 0. The lowest BCUT2D eigenvalue weighted by atomic mass is 9.78. The van der Waals surface area contributed by atoms with Crippen molar-refractivity contribution >= 4 is 12.6 Å². The summed E-state index contributed by atoms with van der Waals surface area (Å²) in [7, 11) is -1.35. The van der Waals surface area contributed by atoms with Crippen molar-refractivity contribution in [2.75, 3.05) is 0 Å². The molecule has 3 heteroatoms. The molecule has 0 aliphatic carbocycles. The molecule has 1 aromatic carbocycles. The van der Waals surface area contributed by atoms with Gasteiger partial charge in [-0.3, -0.25) is 0 Å². The van der Waals surface area contributed by atoms with Crippen LogP contribution in [0.15, 0.2) is 18.2 Å². The van der Waals surface area contributed by atoms with Crippen LogP contribution in [0.25, 0.3) is 0 Å². The molecular formula is C16H27BO2. The summed E-state index contributed by atoms with van der Waals surface area (Å²) in [5.41, 5.74) is 3.12. The van der Waals surface area contributed by atoms with Gasteiger partial charge in [0.25, 0.3) is 0 Å². The normalized spacial score (nSPS) is 10.7. The van der Waals surface area contributed by atoms with Crippen LogP contribution in [0.3, 0.4) is 0 Å². The van der Waals surface area contributed by atoms with Gasteiger partial charge < -0.3 is 10.0 Å². The van der Waals surface area contributed by atoms with Crippen molar-refractivity contribution in [3.8, 4) is 0 Å². The van der Waals surface area contributed by atoms with Gasteiger partial charge in [-0.1, -0.05) is 57.7 Å². The first kappa shape index (κ1) is 16.3.